The minimum Gasteiger partial charge on any atom is -0.352 e. The first-order chi connectivity index (χ1) is 10.2. The number of carbonyl (C=O) groups is 1. The summed E-state index contributed by atoms with van der Waals surface area (Å²) in [5.41, 5.74) is 2.15. The van der Waals surface area contributed by atoms with Crippen LogP contribution in [-0.4, -0.2) is 27.8 Å². The molecule has 0 radical (unpaired) electrons. The van der Waals surface area contributed by atoms with Crippen molar-refractivity contribution in [2.24, 2.45) is 0 Å². The van der Waals surface area contributed by atoms with Crippen molar-refractivity contribution in [3.8, 4) is 5.69 Å². The highest BCUT2D eigenvalue weighted by Gasteiger charge is 2.25. The lowest BCUT2D eigenvalue weighted by molar-refractivity contribution is -0.122. The molecule has 0 spiro atoms. The van der Waals surface area contributed by atoms with E-state index in [4.69, 9.17) is 0 Å². The Kier molecular flexibility index (Phi) is 4.01. The monoisotopic (exact) mass is 284 g/mol. The van der Waals surface area contributed by atoms with Crippen LogP contribution >= 0.6 is 0 Å². The van der Waals surface area contributed by atoms with Crippen molar-refractivity contribution in [3.63, 3.8) is 0 Å². The maximum Gasteiger partial charge on any atom is 0.237 e. The highest BCUT2D eigenvalue weighted by molar-refractivity contribution is 5.81. The van der Waals surface area contributed by atoms with Crippen molar-refractivity contribution in [1.82, 2.24) is 20.4 Å². The van der Waals surface area contributed by atoms with Gasteiger partial charge in [0.05, 0.1) is 11.7 Å². The summed E-state index contributed by atoms with van der Waals surface area (Å²) < 4.78 is 1.84. The molecular formula is C16H20N4O. The highest BCUT2D eigenvalue weighted by Crippen LogP contribution is 2.18. The van der Waals surface area contributed by atoms with Crippen LogP contribution in [0.3, 0.4) is 0 Å². The Bertz CT molecular complexity index is 604. The van der Waals surface area contributed by atoms with Gasteiger partial charge < -0.3 is 10.6 Å². The molecule has 1 saturated carbocycles. The molecule has 3 rings (SSSR count). The van der Waals surface area contributed by atoms with Crippen LogP contribution in [0, 0.1) is 0 Å². The van der Waals surface area contributed by atoms with Crippen LogP contribution in [-0.2, 0) is 11.3 Å². The molecule has 2 aromatic rings. The molecule has 1 amide bonds. The fourth-order valence-electron chi connectivity index (χ4n) is 2.20. The first-order valence-corrected chi connectivity index (χ1v) is 7.36. The number of nitrogens with zero attached hydrogens (tertiary/aromatic N) is 2. The van der Waals surface area contributed by atoms with E-state index < -0.39 is 0 Å². The van der Waals surface area contributed by atoms with Gasteiger partial charge in [0.2, 0.25) is 5.91 Å². The van der Waals surface area contributed by atoms with Gasteiger partial charge in [-0.15, -0.1) is 0 Å². The fraction of sp³-hybridized carbons (Fsp3) is 0.375. The standard InChI is InChI=1S/C16H20N4O/c1-12(16(21)19-14-7-8-14)17-11-13-5-2-3-6-15(13)20-10-4-9-18-20/h2-6,9-10,12,14,17H,7-8,11H2,1H3,(H,19,21). The van der Waals surface area contributed by atoms with Crippen molar-refractivity contribution in [3.05, 3.63) is 48.3 Å². The van der Waals surface area contributed by atoms with E-state index in [1.807, 2.05) is 42.1 Å². The Labute approximate surface area is 124 Å². The third-order valence-electron chi connectivity index (χ3n) is 3.66. The van der Waals surface area contributed by atoms with E-state index >= 15 is 0 Å². The number of rotatable bonds is 6. The van der Waals surface area contributed by atoms with Crippen molar-refractivity contribution >= 4 is 5.91 Å². The van der Waals surface area contributed by atoms with Crippen molar-refractivity contribution < 1.29 is 4.79 Å². The van der Waals surface area contributed by atoms with Gasteiger partial charge in [-0.25, -0.2) is 4.68 Å². The van der Waals surface area contributed by atoms with E-state index in [9.17, 15) is 4.79 Å². The van der Waals surface area contributed by atoms with E-state index in [1.165, 1.54) is 0 Å². The lowest BCUT2D eigenvalue weighted by Crippen LogP contribution is -2.42. The zero-order valence-corrected chi connectivity index (χ0v) is 12.1. The van der Waals surface area contributed by atoms with Gasteiger partial charge >= 0.3 is 0 Å². The number of para-hydroxylation sites is 1. The molecule has 110 valence electrons. The molecule has 5 nitrogen and oxygen atoms in total. The van der Waals surface area contributed by atoms with Crippen molar-refractivity contribution in [2.45, 2.75) is 38.4 Å². The Morgan fingerprint density at radius 2 is 2.19 bits per heavy atom. The minimum absolute atomic E-state index is 0.0778. The van der Waals surface area contributed by atoms with Crippen LogP contribution < -0.4 is 10.6 Å². The molecule has 1 aromatic carbocycles. The zero-order valence-electron chi connectivity index (χ0n) is 12.1. The van der Waals surface area contributed by atoms with Crippen molar-refractivity contribution in [2.75, 3.05) is 0 Å². The zero-order chi connectivity index (χ0) is 14.7. The predicted molar refractivity (Wildman–Crippen MR) is 81.0 cm³/mol. The average molecular weight is 284 g/mol. The summed E-state index contributed by atoms with van der Waals surface area (Å²) in [6, 6.07) is 10.2. The number of hydrogen-bond acceptors (Lipinski definition) is 3. The van der Waals surface area contributed by atoms with Crippen molar-refractivity contribution in [1.29, 1.82) is 0 Å². The Morgan fingerprint density at radius 1 is 1.38 bits per heavy atom. The number of aromatic nitrogens is 2. The van der Waals surface area contributed by atoms with Gasteiger partial charge in [-0.05, 0) is 37.5 Å². The molecule has 0 aliphatic heterocycles. The summed E-state index contributed by atoms with van der Waals surface area (Å²) in [6.07, 6.45) is 5.90. The first kappa shape index (κ1) is 13.8. The molecule has 1 atom stereocenters. The van der Waals surface area contributed by atoms with Crippen LogP contribution in [0.25, 0.3) is 5.69 Å². The van der Waals surface area contributed by atoms with Crippen LogP contribution in [0.15, 0.2) is 42.7 Å². The average Bonchev–Trinajstić information content (AvgIpc) is 3.15. The second kappa shape index (κ2) is 6.10. The van der Waals surface area contributed by atoms with Gasteiger partial charge in [-0.2, -0.15) is 5.10 Å². The number of nitrogens with one attached hydrogen (secondary N) is 2. The lowest BCUT2D eigenvalue weighted by Gasteiger charge is -2.15. The third kappa shape index (κ3) is 3.49. The van der Waals surface area contributed by atoms with Gasteiger partial charge in [0, 0.05) is 25.0 Å². The summed E-state index contributed by atoms with van der Waals surface area (Å²) in [5.74, 6) is 0.0778. The van der Waals surface area contributed by atoms with Crippen LogP contribution in [0.4, 0.5) is 0 Å². The van der Waals surface area contributed by atoms with E-state index in [0.29, 0.717) is 12.6 Å². The number of carbonyl (C=O) groups excluding carboxylic acids is 1. The minimum atomic E-state index is -0.198. The smallest absolute Gasteiger partial charge is 0.237 e. The molecule has 1 heterocycles. The van der Waals surface area contributed by atoms with Gasteiger partial charge in [-0.1, -0.05) is 18.2 Å². The summed E-state index contributed by atoms with van der Waals surface area (Å²) in [5, 5.41) is 10.6. The molecular weight excluding hydrogens is 264 g/mol. The Morgan fingerprint density at radius 3 is 2.90 bits per heavy atom. The maximum atomic E-state index is 11.9. The molecule has 0 saturated heterocycles. The molecule has 5 heteroatoms. The molecule has 1 fully saturated rings. The lowest BCUT2D eigenvalue weighted by atomic mass is 10.1. The SMILES string of the molecule is CC(NCc1ccccc1-n1cccn1)C(=O)NC1CC1. The van der Waals surface area contributed by atoms with Gasteiger partial charge in [0.15, 0.2) is 0 Å². The fourth-order valence-corrected chi connectivity index (χ4v) is 2.20. The van der Waals surface area contributed by atoms with E-state index in [-0.39, 0.29) is 11.9 Å². The molecule has 1 aliphatic carbocycles. The number of amides is 1. The number of hydrogen-bond donors (Lipinski definition) is 2. The highest BCUT2D eigenvalue weighted by atomic mass is 16.2. The maximum absolute atomic E-state index is 11.9. The van der Waals surface area contributed by atoms with Crippen LogP contribution in [0.1, 0.15) is 25.3 Å². The first-order valence-electron chi connectivity index (χ1n) is 7.36. The third-order valence-corrected chi connectivity index (χ3v) is 3.66. The van der Waals surface area contributed by atoms with Crippen LogP contribution in [0.2, 0.25) is 0 Å². The summed E-state index contributed by atoms with van der Waals surface area (Å²) >= 11 is 0. The molecule has 2 N–H and O–H groups in total. The Hall–Kier alpha value is -2.14. The van der Waals surface area contributed by atoms with Gasteiger partial charge in [-0.3, -0.25) is 4.79 Å². The summed E-state index contributed by atoms with van der Waals surface area (Å²) in [6.45, 7) is 2.53. The number of benzene rings is 1. The van der Waals surface area contributed by atoms with Gasteiger partial charge in [0.1, 0.15) is 0 Å². The molecule has 0 bridgehead atoms. The van der Waals surface area contributed by atoms with Crippen LogP contribution in [0.5, 0.6) is 0 Å². The predicted octanol–water partition coefficient (Wildman–Crippen LogP) is 1.63. The second-order valence-corrected chi connectivity index (χ2v) is 5.46. The molecule has 1 unspecified atom stereocenters. The Balaban J connectivity index is 1.63. The summed E-state index contributed by atoms with van der Waals surface area (Å²) in [7, 11) is 0. The molecule has 1 aromatic heterocycles. The second-order valence-electron chi connectivity index (χ2n) is 5.46. The van der Waals surface area contributed by atoms with Gasteiger partial charge in [0.25, 0.3) is 0 Å². The molecule has 1 aliphatic rings. The van der Waals surface area contributed by atoms with E-state index in [0.717, 1.165) is 24.1 Å². The van der Waals surface area contributed by atoms with E-state index in [2.05, 4.69) is 21.8 Å². The topological polar surface area (TPSA) is 59.0 Å². The normalized spacial score (nSPS) is 15.7. The largest absolute Gasteiger partial charge is 0.352 e. The van der Waals surface area contributed by atoms with E-state index in [1.54, 1.807) is 6.20 Å². The molecule has 21 heavy (non-hydrogen) atoms. The summed E-state index contributed by atoms with van der Waals surface area (Å²) in [4.78, 5) is 11.9. The quantitative estimate of drug-likeness (QED) is 0.847.